The summed E-state index contributed by atoms with van der Waals surface area (Å²) in [5.41, 5.74) is 6.29. The van der Waals surface area contributed by atoms with Crippen LogP contribution in [0.3, 0.4) is 0 Å². The number of hydrogen-bond donors (Lipinski definition) is 1. The van der Waals surface area contributed by atoms with Gasteiger partial charge in [0.2, 0.25) is 0 Å². The molecule has 126 valence electrons. The molecule has 0 radical (unpaired) electrons. The van der Waals surface area contributed by atoms with Gasteiger partial charge in [0.15, 0.2) is 0 Å². The van der Waals surface area contributed by atoms with Crippen LogP contribution in [0.5, 0.6) is 5.75 Å². The number of rotatable bonds is 5. The summed E-state index contributed by atoms with van der Waals surface area (Å²) in [6.07, 6.45) is 4.81. The summed E-state index contributed by atoms with van der Waals surface area (Å²) in [6, 6.07) is 11.1. The summed E-state index contributed by atoms with van der Waals surface area (Å²) in [7, 11) is 0. The number of pyridine rings is 1. The molecule has 0 aliphatic heterocycles. The molecule has 0 fully saturated rings. The van der Waals surface area contributed by atoms with E-state index in [1.807, 2.05) is 37.4 Å². The van der Waals surface area contributed by atoms with Gasteiger partial charge in [-0.25, -0.2) is 10.4 Å². The Morgan fingerprint density at radius 2 is 2.00 bits per heavy atom. The lowest BCUT2D eigenvalue weighted by atomic mass is 10.2. The standard InChI is InChI=1S/C19H18N4O2/c1-4-25-16-8-6-15(7-9-16)11-20-22-19(24)18-14(3)21-17-10-5-13(2)12-23(17)18/h4-12H,1H2,2-3H3,(H,22,24). The average Bonchev–Trinajstić information content (AvgIpc) is 2.91. The number of ether oxygens (including phenoxy) is 1. The second-order valence-electron chi connectivity index (χ2n) is 5.53. The van der Waals surface area contributed by atoms with Crippen molar-refractivity contribution in [3.05, 3.63) is 78.0 Å². The molecule has 25 heavy (non-hydrogen) atoms. The van der Waals surface area contributed by atoms with Gasteiger partial charge in [-0.2, -0.15) is 5.10 Å². The number of fused-ring (bicyclic) bond motifs is 1. The Balaban J connectivity index is 1.75. The predicted octanol–water partition coefficient (Wildman–Crippen LogP) is 3.24. The van der Waals surface area contributed by atoms with E-state index < -0.39 is 0 Å². The molecule has 0 atom stereocenters. The number of aromatic nitrogens is 2. The third kappa shape index (κ3) is 3.58. The Bertz CT molecular complexity index is 955. The molecular formula is C19H18N4O2. The van der Waals surface area contributed by atoms with E-state index in [1.165, 1.54) is 6.26 Å². The largest absolute Gasteiger partial charge is 0.466 e. The van der Waals surface area contributed by atoms with Gasteiger partial charge < -0.3 is 4.74 Å². The van der Waals surface area contributed by atoms with Crippen LogP contribution in [0, 0.1) is 13.8 Å². The van der Waals surface area contributed by atoms with Crippen molar-refractivity contribution < 1.29 is 9.53 Å². The van der Waals surface area contributed by atoms with Gasteiger partial charge in [0.1, 0.15) is 17.1 Å². The Hall–Kier alpha value is -3.41. The number of amides is 1. The molecule has 1 aromatic carbocycles. The monoisotopic (exact) mass is 334 g/mol. The van der Waals surface area contributed by atoms with E-state index >= 15 is 0 Å². The zero-order valence-corrected chi connectivity index (χ0v) is 14.1. The molecule has 2 aromatic heterocycles. The lowest BCUT2D eigenvalue weighted by Crippen LogP contribution is -2.20. The molecular weight excluding hydrogens is 316 g/mol. The number of benzene rings is 1. The van der Waals surface area contributed by atoms with Crippen molar-refractivity contribution >= 4 is 17.8 Å². The fourth-order valence-corrected chi connectivity index (χ4v) is 2.49. The predicted molar refractivity (Wildman–Crippen MR) is 97.0 cm³/mol. The minimum absolute atomic E-state index is 0.307. The van der Waals surface area contributed by atoms with Crippen LogP contribution in [-0.4, -0.2) is 21.5 Å². The maximum atomic E-state index is 12.5. The summed E-state index contributed by atoms with van der Waals surface area (Å²) in [6.45, 7) is 7.27. The van der Waals surface area contributed by atoms with Crippen LogP contribution in [0.1, 0.15) is 27.3 Å². The first kappa shape index (κ1) is 16.4. The van der Waals surface area contributed by atoms with Gasteiger partial charge in [-0.15, -0.1) is 0 Å². The first-order valence-electron chi connectivity index (χ1n) is 7.75. The summed E-state index contributed by atoms with van der Waals surface area (Å²) < 4.78 is 6.93. The summed E-state index contributed by atoms with van der Waals surface area (Å²) >= 11 is 0. The van der Waals surface area contributed by atoms with Crippen LogP contribution in [0.25, 0.3) is 5.65 Å². The fourth-order valence-electron chi connectivity index (χ4n) is 2.49. The molecule has 6 nitrogen and oxygen atoms in total. The molecule has 3 rings (SSSR count). The first-order valence-corrected chi connectivity index (χ1v) is 7.75. The van der Waals surface area contributed by atoms with Crippen molar-refractivity contribution in [3.8, 4) is 5.75 Å². The highest BCUT2D eigenvalue weighted by Crippen LogP contribution is 2.13. The van der Waals surface area contributed by atoms with Crippen LogP contribution >= 0.6 is 0 Å². The third-order valence-corrected chi connectivity index (χ3v) is 3.64. The Morgan fingerprint density at radius 3 is 2.72 bits per heavy atom. The second kappa shape index (κ2) is 7.00. The highest BCUT2D eigenvalue weighted by atomic mass is 16.5. The fraction of sp³-hybridized carbons (Fsp3) is 0.105. The number of aryl methyl sites for hydroxylation is 2. The average molecular weight is 334 g/mol. The number of hydrogen-bond acceptors (Lipinski definition) is 4. The van der Waals surface area contributed by atoms with E-state index in [1.54, 1.807) is 29.7 Å². The van der Waals surface area contributed by atoms with Crippen molar-refractivity contribution in [1.29, 1.82) is 0 Å². The van der Waals surface area contributed by atoms with Crippen molar-refractivity contribution in [1.82, 2.24) is 14.8 Å². The molecule has 1 amide bonds. The van der Waals surface area contributed by atoms with Crippen LogP contribution in [0.4, 0.5) is 0 Å². The lowest BCUT2D eigenvalue weighted by Gasteiger charge is -2.03. The SMILES string of the molecule is C=COc1ccc(C=NNC(=O)c2c(C)nc3ccc(C)cn23)cc1. The molecule has 0 aliphatic carbocycles. The molecule has 0 spiro atoms. The van der Waals surface area contributed by atoms with Gasteiger partial charge in [0.25, 0.3) is 5.91 Å². The van der Waals surface area contributed by atoms with Crippen LogP contribution in [0.2, 0.25) is 0 Å². The molecule has 1 N–H and O–H groups in total. The van der Waals surface area contributed by atoms with Crippen molar-refractivity contribution in [3.63, 3.8) is 0 Å². The molecule has 2 heterocycles. The molecule has 6 heteroatoms. The van der Waals surface area contributed by atoms with Gasteiger partial charge >= 0.3 is 0 Å². The maximum absolute atomic E-state index is 12.5. The number of nitrogens with zero attached hydrogens (tertiary/aromatic N) is 3. The molecule has 0 bridgehead atoms. The second-order valence-corrected chi connectivity index (χ2v) is 5.53. The molecule has 0 unspecified atom stereocenters. The van der Waals surface area contributed by atoms with Crippen LogP contribution < -0.4 is 10.2 Å². The smallest absolute Gasteiger partial charge is 0.290 e. The van der Waals surface area contributed by atoms with Crippen LogP contribution in [0.15, 0.2) is 60.5 Å². The number of carbonyl (C=O) groups is 1. The van der Waals surface area contributed by atoms with E-state index in [9.17, 15) is 4.79 Å². The van der Waals surface area contributed by atoms with Gasteiger partial charge in [-0.1, -0.05) is 12.6 Å². The highest BCUT2D eigenvalue weighted by Gasteiger charge is 2.15. The van der Waals surface area contributed by atoms with Gasteiger partial charge in [0.05, 0.1) is 18.2 Å². The van der Waals surface area contributed by atoms with E-state index in [0.717, 1.165) is 16.8 Å². The number of hydrazone groups is 1. The quantitative estimate of drug-likeness (QED) is 0.442. The summed E-state index contributed by atoms with van der Waals surface area (Å²) in [5.74, 6) is 0.381. The van der Waals surface area contributed by atoms with E-state index in [4.69, 9.17) is 4.74 Å². The summed E-state index contributed by atoms with van der Waals surface area (Å²) in [5, 5.41) is 4.02. The highest BCUT2D eigenvalue weighted by molar-refractivity contribution is 5.95. The lowest BCUT2D eigenvalue weighted by molar-refractivity contribution is 0.0948. The Labute approximate surface area is 145 Å². The van der Waals surface area contributed by atoms with Gasteiger partial charge in [-0.3, -0.25) is 9.20 Å². The minimum Gasteiger partial charge on any atom is -0.466 e. The normalized spacial score (nSPS) is 11.0. The molecule has 3 aromatic rings. The van der Waals surface area contributed by atoms with E-state index in [2.05, 4.69) is 22.1 Å². The zero-order chi connectivity index (χ0) is 17.8. The van der Waals surface area contributed by atoms with Crippen molar-refractivity contribution in [2.75, 3.05) is 0 Å². The number of imidazole rings is 1. The van der Waals surface area contributed by atoms with E-state index in [-0.39, 0.29) is 5.91 Å². The molecule has 0 saturated heterocycles. The first-order chi connectivity index (χ1) is 12.1. The van der Waals surface area contributed by atoms with Gasteiger partial charge in [0, 0.05) is 6.20 Å². The minimum atomic E-state index is -0.307. The number of carbonyl (C=O) groups excluding carboxylic acids is 1. The zero-order valence-electron chi connectivity index (χ0n) is 14.1. The van der Waals surface area contributed by atoms with Crippen LogP contribution in [-0.2, 0) is 0 Å². The van der Waals surface area contributed by atoms with Gasteiger partial charge in [-0.05, 0) is 55.3 Å². The number of nitrogens with one attached hydrogen (secondary N) is 1. The maximum Gasteiger partial charge on any atom is 0.290 e. The Morgan fingerprint density at radius 1 is 1.24 bits per heavy atom. The van der Waals surface area contributed by atoms with Crippen molar-refractivity contribution in [2.24, 2.45) is 5.10 Å². The third-order valence-electron chi connectivity index (χ3n) is 3.64. The Kier molecular flexibility index (Phi) is 4.61. The van der Waals surface area contributed by atoms with Crippen molar-refractivity contribution in [2.45, 2.75) is 13.8 Å². The van der Waals surface area contributed by atoms with E-state index in [0.29, 0.717) is 17.1 Å². The topological polar surface area (TPSA) is 68.0 Å². The molecule has 0 aliphatic rings. The summed E-state index contributed by atoms with van der Waals surface area (Å²) in [4.78, 5) is 16.9. The molecule has 0 saturated carbocycles.